The fraction of sp³-hybridized carbons (Fsp3) is 0.381. The van der Waals surface area contributed by atoms with Gasteiger partial charge in [-0.15, -0.1) is 0 Å². The van der Waals surface area contributed by atoms with Crippen molar-refractivity contribution in [3.8, 4) is 5.69 Å². The molecule has 31 heavy (non-hydrogen) atoms. The predicted molar refractivity (Wildman–Crippen MR) is 114 cm³/mol. The summed E-state index contributed by atoms with van der Waals surface area (Å²) in [5.41, 5.74) is 1.05. The first-order valence-electron chi connectivity index (χ1n) is 10.6. The van der Waals surface area contributed by atoms with Gasteiger partial charge in [-0.25, -0.2) is 4.98 Å². The summed E-state index contributed by atoms with van der Waals surface area (Å²) < 4.78 is 6.88. The average molecular weight is 418 g/mol. The third kappa shape index (κ3) is 3.54. The van der Waals surface area contributed by atoms with Crippen LogP contribution in [0.3, 0.4) is 0 Å². The van der Waals surface area contributed by atoms with Crippen LogP contribution in [0.25, 0.3) is 16.6 Å². The highest BCUT2D eigenvalue weighted by molar-refractivity contribution is 5.76. The third-order valence-corrected chi connectivity index (χ3v) is 6.02. The minimum Gasteiger partial charge on any atom is -0.367 e. The summed E-state index contributed by atoms with van der Waals surface area (Å²) in [5, 5.41) is 18.4. The first-order valence-corrected chi connectivity index (χ1v) is 10.6. The SMILES string of the molecule is O=c1c2[nH]ncc2ccn1-c1ccc(N[C@H]2CC[C@H](Nc3noc(C4CC4)n3)C2)nc1. The van der Waals surface area contributed by atoms with Crippen LogP contribution in [0.4, 0.5) is 11.8 Å². The lowest BCUT2D eigenvalue weighted by molar-refractivity contribution is 0.379. The maximum Gasteiger partial charge on any atom is 0.281 e. The van der Waals surface area contributed by atoms with Crippen LogP contribution < -0.4 is 16.2 Å². The molecule has 6 rings (SSSR count). The quantitative estimate of drug-likeness (QED) is 0.436. The Kier molecular flexibility index (Phi) is 4.22. The Morgan fingerprint density at radius 1 is 1.06 bits per heavy atom. The molecule has 2 atom stereocenters. The number of hydrogen-bond donors (Lipinski definition) is 3. The van der Waals surface area contributed by atoms with Crippen LogP contribution in [-0.2, 0) is 0 Å². The van der Waals surface area contributed by atoms with Gasteiger partial charge in [0.25, 0.3) is 11.5 Å². The summed E-state index contributed by atoms with van der Waals surface area (Å²) in [7, 11) is 0. The molecule has 0 radical (unpaired) electrons. The van der Waals surface area contributed by atoms with Crippen molar-refractivity contribution in [3.63, 3.8) is 0 Å². The molecule has 0 amide bonds. The Hall–Kier alpha value is -3.69. The van der Waals surface area contributed by atoms with Crippen molar-refractivity contribution in [1.82, 2.24) is 29.9 Å². The van der Waals surface area contributed by atoms with Crippen molar-refractivity contribution in [2.24, 2.45) is 0 Å². The van der Waals surface area contributed by atoms with E-state index in [4.69, 9.17) is 4.52 Å². The van der Waals surface area contributed by atoms with Crippen molar-refractivity contribution < 1.29 is 4.52 Å². The first-order chi connectivity index (χ1) is 15.2. The molecule has 0 unspecified atom stereocenters. The lowest BCUT2D eigenvalue weighted by Crippen LogP contribution is -2.22. The van der Waals surface area contributed by atoms with E-state index in [1.54, 1.807) is 23.2 Å². The monoisotopic (exact) mass is 418 g/mol. The zero-order chi connectivity index (χ0) is 20.8. The van der Waals surface area contributed by atoms with Gasteiger partial charge in [-0.2, -0.15) is 10.1 Å². The molecule has 2 saturated carbocycles. The molecule has 2 aliphatic carbocycles. The highest BCUT2D eigenvalue weighted by Crippen LogP contribution is 2.39. The van der Waals surface area contributed by atoms with Gasteiger partial charge < -0.3 is 15.2 Å². The maximum absolute atomic E-state index is 12.6. The number of pyridine rings is 2. The third-order valence-electron chi connectivity index (χ3n) is 6.02. The van der Waals surface area contributed by atoms with E-state index in [2.05, 4.69) is 36.0 Å². The molecule has 158 valence electrons. The predicted octanol–water partition coefficient (Wildman–Crippen LogP) is 2.81. The van der Waals surface area contributed by atoms with Crippen LogP contribution in [0.5, 0.6) is 0 Å². The van der Waals surface area contributed by atoms with Gasteiger partial charge in [-0.3, -0.25) is 14.5 Å². The van der Waals surface area contributed by atoms with E-state index in [-0.39, 0.29) is 5.56 Å². The zero-order valence-electron chi connectivity index (χ0n) is 16.8. The summed E-state index contributed by atoms with van der Waals surface area (Å²) in [6.07, 6.45) is 10.4. The van der Waals surface area contributed by atoms with Gasteiger partial charge in [0.15, 0.2) is 0 Å². The molecule has 0 bridgehead atoms. The summed E-state index contributed by atoms with van der Waals surface area (Å²) in [6.45, 7) is 0. The molecule has 2 aliphatic rings. The Balaban J connectivity index is 1.09. The Labute approximate surface area is 177 Å². The van der Waals surface area contributed by atoms with E-state index in [0.717, 1.165) is 49.2 Å². The van der Waals surface area contributed by atoms with Crippen LogP contribution in [0.1, 0.15) is 43.9 Å². The second-order valence-electron chi connectivity index (χ2n) is 8.32. The summed E-state index contributed by atoms with van der Waals surface area (Å²) in [5.74, 6) is 2.60. The van der Waals surface area contributed by atoms with E-state index < -0.39 is 0 Å². The first kappa shape index (κ1) is 18.1. The van der Waals surface area contributed by atoms with Gasteiger partial charge in [0, 0.05) is 29.6 Å². The van der Waals surface area contributed by atoms with Crippen molar-refractivity contribution in [2.45, 2.75) is 50.1 Å². The minimum absolute atomic E-state index is 0.145. The maximum atomic E-state index is 12.6. The highest BCUT2D eigenvalue weighted by atomic mass is 16.5. The molecular weight excluding hydrogens is 396 g/mol. The van der Waals surface area contributed by atoms with E-state index in [1.807, 2.05) is 18.2 Å². The smallest absolute Gasteiger partial charge is 0.281 e. The lowest BCUT2D eigenvalue weighted by atomic mass is 10.2. The number of hydrogen-bond acceptors (Lipinski definition) is 8. The Morgan fingerprint density at radius 3 is 2.74 bits per heavy atom. The molecule has 0 aliphatic heterocycles. The molecule has 0 aromatic carbocycles. The number of rotatable bonds is 6. The fourth-order valence-electron chi connectivity index (χ4n) is 4.18. The molecule has 0 saturated heterocycles. The molecular formula is C21H22N8O2. The summed E-state index contributed by atoms with van der Waals surface area (Å²) in [6, 6.07) is 6.27. The van der Waals surface area contributed by atoms with Crippen LogP contribution in [0.2, 0.25) is 0 Å². The average Bonchev–Trinajstić information content (AvgIpc) is 3.15. The van der Waals surface area contributed by atoms with Gasteiger partial charge >= 0.3 is 0 Å². The summed E-state index contributed by atoms with van der Waals surface area (Å²) >= 11 is 0. The van der Waals surface area contributed by atoms with Crippen molar-refractivity contribution in [1.29, 1.82) is 0 Å². The van der Waals surface area contributed by atoms with Gasteiger partial charge in [-0.05, 0) is 55.5 Å². The Morgan fingerprint density at radius 2 is 1.94 bits per heavy atom. The molecule has 0 spiro atoms. The van der Waals surface area contributed by atoms with E-state index >= 15 is 0 Å². The number of nitrogens with zero attached hydrogens (tertiary/aromatic N) is 5. The molecule has 4 aromatic heterocycles. The number of nitrogens with one attached hydrogen (secondary N) is 3. The Bertz CT molecular complexity index is 1270. The normalized spacial score (nSPS) is 20.9. The molecule has 3 N–H and O–H groups in total. The van der Waals surface area contributed by atoms with Crippen molar-refractivity contribution in [2.75, 3.05) is 10.6 Å². The fourth-order valence-corrected chi connectivity index (χ4v) is 4.18. The van der Waals surface area contributed by atoms with Crippen molar-refractivity contribution in [3.05, 3.63) is 53.0 Å². The molecule has 4 aromatic rings. The second kappa shape index (κ2) is 7.22. The van der Waals surface area contributed by atoms with Gasteiger partial charge in [-0.1, -0.05) is 0 Å². The highest BCUT2D eigenvalue weighted by Gasteiger charge is 2.31. The standard InChI is InChI=1S/C21H22N8O2/c30-20-18-13(10-23-27-18)7-8-29(20)16-5-6-17(22-11-16)24-14-3-4-15(9-14)25-21-26-19(31-28-21)12-1-2-12/h5-8,10-12,14-15H,1-4,9H2,(H,22,24)(H,23,27)(H,25,28)/t14-,15-/m0/s1. The van der Waals surface area contributed by atoms with Gasteiger partial charge in [0.05, 0.1) is 18.1 Å². The van der Waals surface area contributed by atoms with E-state index in [1.165, 1.54) is 0 Å². The van der Waals surface area contributed by atoms with Crippen LogP contribution in [-0.4, -0.2) is 42.0 Å². The number of aromatic amines is 1. The topological polar surface area (TPSA) is 127 Å². The summed E-state index contributed by atoms with van der Waals surface area (Å²) in [4.78, 5) is 21.6. The van der Waals surface area contributed by atoms with Crippen LogP contribution in [0.15, 0.2) is 46.1 Å². The van der Waals surface area contributed by atoms with E-state index in [9.17, 15) is 4.79 Å². The second-order valence-corrected chi connectivity index (χ2v) is 8.32. The largest absolute Gasteiger partial charge is 0.367 e. The number of anilines is 2. The molecule has 2 fully saturated rings. The van der Waals surface area contributed by atoms with Crippen LogP contribution >= 0.6 is 0 Å². The van der Waals surface area contributed by atoms with Crippen molar-refractivity contribution >= 4 is 22.7 Å². The number of fused-ring (bicyclic) bond motifs is 1. The molecule has 10 heteroatoms. The lowest BCUT2D eigenvalue weighted by Gasteiger charge is -2.15. The number of aromatic nitrogens is 6. The van der Waals surface area contributed by atoms with E-state index in [0.29, 0.717) is 35.2 Å². The minimum atomic E-state index is -0.145. The van der Waals surface area contributed by atoms with Gasteiger partial charge in [0.1, 0.15) is 11.3 Å². The molecule has 10 nitrogen and oxygen atoms in total. The van der Waals surface area contributed by atoms with Gasteiger partial charge in [0.2, 0.25) is 5.89 Å². The van der Waals surface area contributed by atoms with Crippen LogP contribution in [0, 0.1) is 0 Å². The molecule has 4 heterocycles. The zero-order valence-corrected chi connectivity index (χ0v) is 16.8. The number of H-pyrrole nitrogens is 1.